The fourth-order valence-electron chi connectivity index (χ4n) is 2.30. The van der Waals surface area contributed by atoms with Gasteiger partial charge < -0.3 is 5.73 Å². The van der Waals surface area contributed by atoms with E-state index in [-0.39, 0.29) is 5.75 Å². The van der Waals surface area contributed by atoms with Gasteiger partial charge >= 0.3 is 0 Å². The average molecular weight is 266 g/mol. The largest absolute Gasteiger partial charge is 0.397 e. The highest BCUT2D eigenvalue weighted by molar-refractivity contribution is 7.91. The summed E-state index contributed by atoms with van der Waals surface area (Å²) in [4.78, 5) is 4.29. The number of fused-ring (bicyclic) bond motifs is 1. The lowest BCUT2D eigenvalue weighted by Crippen LogP contribution is -2.22. The van der Waals surface area contributed by atoms with Crippen LogP contribution in [-0.4, -0.2) is 28.8 Å². The monoisotopic (exact) mass is 266 g/mol. The molecule has 3 rings (SSSR count). The molecule has 1 aliphatic rings. The van der Waals surface area contributed by atoms with E-state index in [1.54, 1.807) is 18.3 Å². The first-order chi connectivity index (χ1) is 8.56. The summed E-state index contributed by atoms with van der Waals surface area (Å²) in [6.45, 7) is 0. The molecule has 1 atom stereocenters. The predicted octanol–water partition coefficient (Wildman–Crippen LogP) is 0.951. The van der Waals surface area contributed by atoms with E-state index in [9.17, 15) is 8.42 Å². The van der Waals surface area contributed by atoms with E-state index in [1.165, 1.54) is 4.52 Å². The lowest BCUT2D eigenvalue weighted by molar-refractivity contribution is 0.538. The van der Waals surface area contributed by atoms with Gasteiger partial charge in [0.2, 0.25) is 0 Å². The Morgan fingerprint density at radius 3 is 2.94 bits per heavy atom. The number of hydrogen-bond acceptors (Lipinski definition) is 5. The topological polar surface area (TPSA) is 90.3 Å². The minimum absolute atomic E-state index is 0.232. The second-order valence-corrected chi connectivity index (χ2v) is 6.89. The van der Waals surface area contributed by atoms with E-state index in [0.717, 1.165) is 12.8 Å². The summed E-state index contributed by atoms with van der Waals surface area (Å²) >= 11 is 0. The first-order valence-corrected chi connectivity index (χ1v) is 7.61. The number of rotatable bonds is 1. The molecular formula is C11H14N4O2S. The van der Waals surface area contributed by atoms with Gasteiger partial charge in [-0.1, -0.05) is 6.42 Å². The van der Waals surface area contributed by atoms with Gasteiger partial charge in [0.05, 0.1) is 17.6 Å². The van der Waals surface area contributed by atoms with E-state index in [1.807, 2.05) is 0 Å². The number of sulfone groups is 1. The molecule has 96 valence electrons. The van der Waals surface area contributed by atoms with Crippen LogP contribution < -0.4 is 5.73 Å². The van der Waals surface area contributed by atoms with Crippen LogP contribution in [0.15, 0.2) is 18.3 Å². The molecular weight excluding hydrogens is 252 g/mol. The highest BCUT2D eigenvalue weighted by Crippen LogP contribution is 2.31. The molecule has 0 bridgehead atoms. The number of pyridine rings is 1. The van der Waals surface area contributed by atoms with Crippen LogP contribution in [0.2, 0.25) is 0 Å². The van der Waals surface area contributed by atoms with Crippen molar-refractivity contribution in [2.24, 2.45) is 0 Å². The van der Waals surface area contributed by atoms with Crippen LogP contribution in [0.4, 0.5) is 5.69 Å². The Balaban J connectivity index is 2.08. The van der Waals surface area contributed by atoms with Gasteiger partial charge in [0.1, 0.15) is 5.25 Å². The molecule has 18 heavy (non-hydrogen) atoms. The normalized spacial score (nSPS) is 23.2. The number of nitrogen functional groups attached to an aromatic ring is 1. The fraction of sp³-hybridized carbons (Fsp3) is 0.455. The first kappa shape index (κ1) is 11.5. The second-order valence-electron chi connectivity index (χ2n) is 4.59. The van der Waals surface area contributed by atoms with Gasteiger partial charge in [-0.25, -0.2) is 17.9 Å². The summed E-state index contributed by atoms with van der Waals surface area (Å²) in [5.74, 6) is 0.621. The molecule has 1 saturated heterocycles. The Bertz CT molecular complexity index is 692. The van der Waals surface area contributed by atoms with Crippen molar-refractivity contribution in [3.05, 3.63) is 24.2 Å². The van der Waals surface area contributed by atoms with Gasteiger partial charge in [-0.3, -0.25) is 0 Å². The summed E-state index contributed by atoms with van der Waals surface area (Å²) in [6.07, 6.45) is 3.89. The zero-order valence-electron chi connectivity index (χ0n) is 9.78. The third-order valence-corrected chi connectivity index (χ3v) is 5.41. The van der Waals surface area contributed by atoms with Crippen molar-refractivity contribution in [1.82, 2.24) is 14.6 Å². The van der Waals surface area contributed by atoms with Crippen LogP contribution in [0, 0.1) is 0 Å². The Morgan fingerprint density at radius 1 is 1.33 bits per heavy atom. The molecule has 6 nitrogen and oxygen atoms in total. The molecule has 1 unspecified atom stereocenters. The average Bonchev–Trinajstić information content (AvgIpc) is 2.70. The quantitative estimate of drug-likeness (QED) is 0.830. The summed E-state index contributed by atoms with van der Waals surface area (Å²) in [5, 5.41) is 3.68. The minimum atomic E-state index is -3.10. The molecule has 0 radical (unpaired) electrons. The van der Waals surface area contributed by atoms with E-state index < -0.39 is 15.1 Å². The summed E-state index contributed by atoms with van der Waals surface area (Å²) in [5.41, 5.74) is 6.86. The highest BCUT2D eigenvalue weighted by atomic mass is 32.2. The maximum absolute atomic E-state index is 12.0. The lowest BCUT2D eigenvalue weighted by atomic mass is 10.2. The van der Waals surface area contributed by atoms with Crippen molar-refractivity contribution in [1.29, 1.82) is 0 Å². The molecule has 0 aliphatic carbocycles. The number of nitrogens with two attached hydrogens (primary N) is 1. The van der Waals surface area contributed by atoms with Crippen LogP contribution >= 0.6 is 0 Å². The van der Waals surface area contributed by atoms with Gasteiger partial charge in [-0.05, 0) is 25.0 Å². The van der Waals surface area contributed by atoms with Crippen molar-refractivity contribution < 1.29 is 8.42 Å². The SMILES string of the molecule is Nc1ccc2nc(C3CCCCS3(=O)=O)nn2c1. The Labute approximate surface area is 105 Å². The summed E-state index contributed by atoms with van der Waals surface area (Å²) in [6, 6.07) is 3.46. The number of anilines is 1. The molecule has 0 saturated carbocycles. The summed E-state index contributed by atoms with van der Waals surface area (Å²) < 4.78 is 25.6. The predicted molar refractivity (Wildman–Crippen MR) is 67.8 cm³/mol. The van der Waals surface area contributed by atoms with E-state index >= 15 is 0 Å². The van der Waals surface area contributed by atoms with Gasteiger partial charge in [-0.15, -0.1) is 5.10 Å². The number of aromatic nitrogens is 3. The van der Waals surface area contributed by atoms with Crippen molar-refractivity contribution in [2.75, 3.05) is 11.5 Å². The first-order valence-electron chi connectivity index (χ1n) is 5.90. The zero-order chi connectivity index (χ0) is 12.8. The Kier molecular flexibility index (Phi) is 2.51. The molecule has 3 heterocycles. The highest BCUT2D eigenvalue weighted by Gasteiger charge is 2.33. The Hall–Kier alpha value is -1.63. The minimum Gasteiger partial charge on any atom is -0.397 e. The molecule has 2 aromatic heterocycles. The van der Waals surface area contributed by atoms with Crippen LogP contribution in [0.3, 0.4) is 0 Å². The van der Waals surface area contributed by atoms with Crippen LogP contribution in [0.25, 0.3) is 5.65 Å². The molecule has 1 aliphatic heterocycles. The van der Waals surface area contributed by atoms with Crippen molar-refractivity contribution in [2.45, 2.75) is 24.5 Å². The zero-order valence-corrected chi connectivity index (χ0v) is 10.6. The van der Waals surface area contributed by atoms with E-state index in [2.05, 4.69) is 10.1 Å². The third-order valence-electron chi connectivity index (χ3n) is 3.24. The fourth-order valence-corrected chi connectivity index (χ4v) is 4.13. The van der Waals surface area contributed by atoms with Crippen molar-refractivity contribution in [3.8, 4) is 0 Å². The maximum atomic E-state index is 12.0. The second kappa shape index (κ2) is 3.94. The molecule has 1 fully saturated rings. The van der Waals surface area contributed by atoms with Crippen LogP contribution in [0.1, 0.15) is 30.3 Å². The van der Waals surface area contributed by atoms with Crippen molar-refractivity contribution in [3.63, 3.8) is 0 Å². The lowest BCUT2D eigenvalue weighted by Gasteiger charge is -2.19. The van der Waals surface area contributed by atoms with Gasteiger partial charge in [0, 0.05) is 0 Å². The van der Waals surface area contributed by atoms with Gasteiger partial charge in [-0.2, -0.15) is 0 Å². The van der Waals surface area contributed by atoms with Gasteiger partial charge in [0.25, 0.3) is 0 Å². The number of hydrogen-bond donors (Lipinski definition) is 1. The maximum Gasteiger partial charge on any atom is 0.169 e. The molecule has 2 aromatic rings. The van der Waals surface area contributed by atoms with Crippen molar-refractivity contribution >= 4 is 21.2 Å². The van der Waals surface area contributed by atoms with Gasteiger partial charge in [0.15, 0.2) is 21.3 Å². The molecule has 2 N–H and O–H groups in total. The Morgan fingerprint density at radius 2 is 2.17 bits per heavy atom. The van der Waals surface area contributed by atoms with E-state index in [4.69, 9.17) is 5.73 Å². The third kappa shape index (κ3) is 1.84. The summed E-state index contributed by atoms with van der Waals surface area (Å²) in [7, 11) is -3.10. The van der Waals surface area contributed by atoms with Crippen LogP contribution in [-0.2, 0) is 9.84 Å². The molecule has 0 aromatic carbocycles. The smallest absolute Gasteiger partial charge is 0.169 e. The molecule has 0 spiro atoms. The molecule has 7 heteroatoms. The number of nitrogens with zero attached hydrogens (tertiary/aromatic N) is 3. The molecule has 0 amide bonds. The standard InChI is InChI=1S/C11H14N4O2S/c12-8-4-5-10-13-11(14-15(10)7-8)9-3-1-2-6-18(9,16)17/h4-5,7,9H,1-3,6,12H2. The van der Waals surface area contributed by atoms with E-state index in [0.29, 0.717) is 23.6 Å². The van der Waals surface area contributed by atoms with Crippen LogP contribution in [0.5, 0.6) is 0 Å².